The van der Waals surface area contributed by atoms with Crippen LogP contribution in [0.4, 0.5) is 18.9 Å². The Kier molecular flexibility index (Phi) is 6.59. The van der Waals surface area contributed by atoms with Gasteiger partial charge < -0.3 is 9.80 Å². The number of amides is 1. The van der Waals surface area contributed by atoms with Crippen LogP contribution in [0.1, 0.15) is 5.56 Å². The van der Waals surface area contributed by atoms with Crippen molar-refractivity contribution in [2.75, 3.05) is 37.6 Å². The van der Waals surface area contributed by atoms with E-state index in [0.717, 1.165) is 17.8 Å². The zero-order valence-corrected chi connectivity index (χ0v) is 17.3. The molecule has 0 aliphatic carbocycles. The van der Waals surface area contributed by atoms with Gasteiger partial charge in [-0.3, -0.25) is 4.79 Å². The van der Waals surface area contributed by atoms with E-state index in [1.165, 1.54) is 4.90 Å². The van der Waals surface area contributed by atoms with Crippen molar-refractivity contribution in [3.8, 4) is 0 Å². The molecule has 1 N–H and O–H groups in total. The van der Waals surface area contributed by atoms with Crippen molar-refractivity contribution in [1.82, 2.24) is 9.62 Å². The monoisotopic (exact) mass is 461 g/mol. The van der Waals surface area contributed by atoms with Crippen LogP contribution in [-0.2, 0) is 21.0 Å². The molecule has 1 aliphatic rings. The second-order valence-electron chi connectivity index (χ2n) is 6.67. The smallest absolute Gasteiger partial charge is 0.368 e. The van der Waals surface area contributed by atoms with Crippen LogP contribution in [0, 0.1) is 0 Å². The van der Waals surface area contributed by atoms with Crippen LogP contribution in [-0.4, -0.2) is 51.9 Å². The summed E-state index contributed by atoms with van der Waals surface area (Å²) in [5, 5.41) is -0.603. The molecule has 0 aromatic heterocycles. The van der Waals surface area contributed by atoms with Gasteiger partial charge in [-0.1, -0.05) is 29.8 Å². The second kappa shape index (κ2) is 8.83. The lowest BCUT2D eigenvalue weighted by Crippen LogP contribution is -2.51. The van der Waals surface area contributed by atoms with Gasteiger partial charge in [-0.25, -0.2) is 13.1 Å². The van der Waals surface area contributed by atoms with Gasteiger partial charge >= 0.3 is 6.18 Å². The number of nitrogens with one attached hydrogen (secondary N) is 1. The van der Waals surface area contributed by atoms with Crippen molar-refractivity contribution >= 4 is 33.2 Å². The van der Waals surface area contributed by atoms with E-state index in [4.69, 9.17) is 11.6 Å². The molecular weight excluding hydrogens is 443 g/mol. The number of piperazine rings is 1. The maximum Gasteiger partial charge on any atom is 0.417 e. The summed E-state index contributed by atoms with van der Waals surface area (Å²) in [6.45, 7) is 1.46. The Morgan fingerprint density at radius 3 is 2.27 bits per heavy atom. The van der Waals surface area contributed by atoms with E-state index in [0.29, 0.717) is 32.2 Å². The summed E-state index contributed by atoms with van der Waals surface area (Å²) in [5.74, 6) is -0.448. The number of halogens is 4. The molecule has 1 fully saturated rings. The molecule has 1 heterocycles. The fourth-order valence-electron chi connectivity index (χ4n) is 3.09. The molecule has 0 radical (unpaired) electrons. The highest BCUT2D eigenvalue weighted by Crippen LogP contribution is 2.35. The number of sulfonamides is 1. The summed E-state index contributed by atoms with van der Waals surface area (Å²) in [4.78, 5) is 15.4. The Morgan fingerprint density at radius 2 is 1.67 bits per heavy atom. The molecule has 1 amide bonds. The minimum absolute atomic E-state index is 0.411. The molecule has 30 heavy (non-hydrogen) atoms. The molecular formula is C19H19ClF3N3O3S. The molecule has 2 aromatic carbocycles. The van der Waals surface area contributed by atoms with Crippen LogP contribution in [0.5, 0.6) is 0 Å². The highest BCUT2D eigenvalue weighted by molar-refractivity contribution is 7.89. The fourth-order valence-corrected chi connectivity index (χ4v) is 4.32. The third kappa shape index (κ3) is 5.24. The van der Waals surface area contributed by atoms with Crippen molar-refractivity contribution in [1.29, 1.82) is 0 Å². The zero-order valence-electron chi connectivity index (χ0n) is 15.7. The minimum atomic E-state index is -4.79. The number of nitrogens with zero attached hydrogens (tertiary/aromatic N) is 2. The van der Waals surface area contributed by atoms with Gasteiger partial charge in [-0.05, 0) is 30.3 Å². The molecule has 0 saturated carbocycles. The lowest BCUT2D eigenvalue weighted by atomic mass is 10.2. The minimum Gasteiger partial charge on any atom is -0.368 e. The lowest BCUT2D eigenvalue weighted by molar-refractivity contribution is -0.137. The molecule has 0 spiro atoms. The normalized spacial score (nSPS) is 15.3. The Hall–Kier alpha value is -2.30. The van der Waals surface area contributed by atoms with Crippen molar-refractivity contribution in [2.24, 2.45) is 0 Å². The molecule has 0 bridgehead atoms. The van der Waals surface area contributed by atoms with Crippen molar-refractivity contribution < 1.29 is 26.4 Å². The van der Waals surface area contributed by atoms with Gasteiger partial charge in [0.05, 0.1) is 22.0 Å². The third-order valence-electron chi connectivity index (χ3n) is 4.72. The highest BCUT2D eigenvalue weighted by atomic mass is 35.5. The van der Waals surface area contributed by atoms with E-state index in [2.05, 4.69) is 9.62 Å². The standard InChI is InChI=1S/C19H19ClF3N3O3S/c20-17-7-6-15(12-16(17)19(21,22)23)30(28,29)24-13-18(27)26-10-8-25(9-11-26)14-4-2-1-3-5-14/h1-7,12,24H,8-11,13H2. The zero-order chi connectivity index (χ0) is 21.9. The number of para-hydroxylation sites is 1. The van der Waals surface area contributed by atoms with E-state index in [1.807, 2.05) is 30.3 Å². The summed E-state index contributed by atoms with van der Waals surface area (Å²) in [6.07, 6.45) is -4.79. The van der Waals surface area contributed by atoms with Crippen molar-refractivity contribution in [3.63, 3.8) is 0 Å². The molecule has 3 rings (SSSR count). The maximum atomic E-state index is 13.0. The Bertz CT molecular complexity index is 1010. The topological polar surface area (TPSA) is 69.7 Å². The summed E-state index contributed by atoms with van der Waals surface area (Å²) < 4.78 is 65.7. The summed E-state index contributed by atoms with van der Waals surface area (Å²) in [7, 11) is -4.31. The molecule has 1 aliphatic heterocycles. The molecule has 162 valence electrons. The molecule has 0 unspecified atom stereocenters. The number of anilines is 1. The first-order valence-electron chi connectivity index (χ1n) is 9.02. The van der Waals surface area contributed by atoms with Gasteiger partial charge in [0.15, 0.2) is 0 Å². The van der Waals surface area contributed by atoms with Crippen LogP contribution in [0.15, 0.2) is 53.4 Å². The molecule has 0 atom stereocenters. The van der Waals surface area contributed by atoms with E-state index >= 15 is 0 Å². The fraction of sp³-hybridized carbons (Fsp3) is 0.316. The predicted molar refractivity (Wildman–Crippen MR) is 107 cm³/mol. The van der Waals surface area contributed by atoms with Crippen LogP contribution in [0.3, 0.4) is 0 Å². The van der Waals surface area contributed by atoms with Crippen LogP contribution >= 0.6 is 11.6 Å². The number of benzene rings is 2. The Labute approximate surface area is 177 Å². The van der Waals surface area contributed by atoms with Crippen LogP contribution in [0.25, 0.3) is 0 Å². The number of rotatable bonds is 5. The average Bonchev–Trinajstić information content (AvgIpc) is 2.72. The molecule has 6 nitrogen and oxygen atoms in total. The van der Waals surface area contributed by atoms with Gasteiger partial charge in [0.1, 0.15) is 0 Å². The first-order valence-corrected chi connectivity index (χ1v) is 10.9. The maximum absolute atomic E-state index is 13.0. The highest BCUT2D eigenvalue weighted by Gasteiger charge is 2.34. The largest absolute Gasteiger partial charge is 0.417 e. The number of alkyl halides is 3. The van der Waals surface area contributed by atoms with E-state index in [1.54, 1.807) is 0 Å². The average molecular weight is 462 g/mol. The van der Waals surface area contributed by atoms with E-state index < -0.39 is 44.1 Å². The third-order valence-corrected chi connectivity index (χ3v) is 6.45. The number of hydrogen-bond donors (Lipinski definition) is 1. The lowest BCUT2D eigenvalue weighted by Gasteiger charge is -2.36. The van der Waals surface area contributed by atoms with Crippen molar-refractivity contribution in [2.45, 2.75) is 11.1 Å². The predicted octanol–water partition coefficient (Wildman–Crippen LogP) is 2.99. The van der Waals surface area contributed by atoms with Crippen LogP contribution < -0.4 is 9.62 Å². The van der Waals surface area contributed by atoms with Gasteiger partial charge in [0.25, 0.3) is 0 Å². The summed E-state index contributed by atoms with van der Waals surface area (Å²) >= 11 is 5.52. The first kappa shape index (κ1) is 22.4. The SMILES string of the molecule is O=C(CNS(=O)(=O)c1ccc(Cl)c(C(F)(F)F)c1)N1CCN(c2ccccc2)CC1. The number of carbonyl (C=O) groups is 1. The second-order valence-corrected chi connectivity index (χ2v) is 8.84. The summed E-state index contributed by atoms with van der Waals surface area (Å²) in [6, 6.07) is 12.0. The number of carbonyl (C=O) groups excluding carboxylic acids is 1. The van der Waals surface area contributed by atoms with E-state index in [9.17, 15) is 26.4 Å². The molecule has 11 heteroatoms. The van der Waals surface area contributed by atoms with Gasteiger partial charge in [0, 0.05) is 31.9 Å². The van der Waals surface area contributed by atoms with Gasteiger partial charge in [-0.15, -0.1) is 0 Å². The number of hydrogen-bond acceptors (Lipinski definition) is 4. The van der Waals surface area contributed by atoms with Gasteiger partial charge in [0.2, 0.25) is 15.9 Å². The van der Waals surface area contributed by atoms with Gasteiger partial charge in [-0.2, -0.15) is 13.2 Å². The van der Waals surface area contributed by atoms with Crippen LogP contribution in [0.2, 0.25) is 5.02 Å². The van der Waals surface area contributed by atoms with Crippen molar-refractivity contribution in [3.05, 3.63) is 59.1 Å². The Morgan fingerprint density at radius 1 is 1.03 bits per heavy atom. The quantitative estimate of drug-likeness (QED) is 0.743. The van der Waals surface area contributed by atoms with E-state index in [-0.39, 0.29) is 0 Å². The molecule has 1 saturated heterocycles. The first-order chi connectivity index (χ1) is 14.1. The molecule has 2 aromatic rings. The summed E-state index contributed by atoms with van der Waals surface area (Å²) in [5.41, 5.74) is -0.219. The Balaban J connectivity index is 1.59.